The van der Waals surface area contributed by atoms with Crippen molar-refractivity contribution in [2.75, 3.05) is 0 Å². The molecule has 0 aliphatic heterocycles. The Bertz CT molecular complexity index is 1010. The molecule has 2 saturated carbocycles. The lowest BCUT2D eigenvalue weighted by Crippen LogP contribution is -2.35. The van der Waals surface area contributed by atoms with E-state index in [2.05, 4.69) is 6.92 Å². The van der Waals surface area contributed by atoms with Gasteiger partial charge in [-0.1, -0.05) is 26.2 Å². The van der Waals surface area contributed by atoms with Crippen molar-refractivity contribution in [2.24, 2.45) is 17.8 Å². The summed E-state index contributed by atoms with van der Waals surface area (Å²) in [6, 6.07) is 9.82. The van der Waals surface area contributed by atoms with Crippen molar-refractivity contribution >= 4 is 11.9 Å². The van der Waals surface area contributed by atoms with E-state index >= 15 is 0 Å². The number of esters is 2. The first kappa shape index (κ1) is 25.3. The maximum Gasteiger partial charge on any atom is 0.416 e. The fourth-order valence-corrected chi connectivity index (χ4v) is 5.56. The Morgan fingerprint density at radius 3 is 2.09 bits per heavy atom. The molecule has 35 heavy (non-hydrogen) atoms. The van der Waals surface area contributed by atoms with Gasteiger partial charge in [0.15, 0.2) is 0 Å². The molecular formula is C28H31F3O4. The van der Waals surface area contributed by atoms with Crippen LogP contribution < -0.4 is 4.74 Å². The molecule has 0 bridgehead atoms. The van der Waals surface area contributed by atoms with Gasteiger partial charge in [0.05, 0.1) is 16.7 Å². The molecule has 0 N–H and O–H groups in total. The minimum atomic E-state index is -4.47. The molecular weight excluding hydrogens is 457 g/mol. The molecule has 2 aromatic rings. The number of halogens is 3. The van der Waals surface area contributed by atoms with Crippen molar-refractivity contribution in [1.29, 1.82) is 0 Å². The number of benzene rings is 2. The lowest BCUT2D eigenvalue weighted by Gasteiger charge is -2.41. The summed E-state index contributed by atoms with van der Waals surface area (Å²) in [5.41, 5.74) is -0.469. The molecule has 0 saturated heterocycles. The summed E-state index contributed by atoms with van der Waals surface area (Å²) < 4.78 is 49.0. The predicted octanol–water partition coefficient (Wildman–Crippen LogP) is 7.47. The Morgan fingerprint density at radius 1 is 0.829 bits per heavy atom. The number of ether oxygens (including phenoxy) is 2. The summed E-state index contributed by atoms with van der Waals surface area (Å²) in [4.78, 5) is 24.9. The number of rotatable bonds is 6. The van der Waals surface area contributed by atoms with Gasteiger partial charge in [-0.2, -0.15) is 13.2 Å². The van der Waals surface area contributed by atoms with Crippen LogP contribution in [0.4, 0.5) is 13.2 Å². The van der Waals surface area contributed by atoms with Gasteiger partial charge in [0.1, 0.15) is 11.9 Å². The van der Waals surface area contributed by atoms with Crippen molar-refractivity contribution in [3.8, 4) is 5.75 Å². The Hall–Kier alpha value is -2.83. The molecule has 2 aromatic carbocycles. The van der Waals surface area contributed by atoms with Gasteiger partial charge in [-0.05, 0) is 98.4 Å². The fourth-order valence-electron chi connectivity index (χ4n) is 5.56. The van der Waals surface area contributed by atoms with Gasteiger partial charge in [0.2, 0.25) is 0 Å². The molecule has 4 nitrogen and oxygen atoms in total. The van der Waals surface area contributed by atoms with Gasteiger partial charge in [-0.25, -0.2) is 9.59 Å². The van der Waals surface area contributed by atoms with E-state index in [1.807, 2.05) is 0 Å². The SMILES string of the molecule is CCC[C@H]1CC[C@H]2C[C@H](OC(=O)c3ccc(OC(=O)c4ccc(C(F)(F)F)cc4)cc3)CC[C@@H]2C1. The summed E-state index contributed by atoms with van der Waals surface area (Å²) in [5, 5.41) is 0. The van der Waals surface area contributed by atoms with Crippen LogP contribution in [0.25, 0.3) is 0 Å². The Labute approximate surface area is 203 Å². The topological polar surface area (TPSA) is 52.6 Å². The highest BCUT2D eigenvalue weighted by molar-refractivity contribution is 5.92. The molecule has 0 heterocycles. The number of hydrogen-bond acceptors (Lipinski definition) is 4. The molecule has 2 fully saturated rings. The molecule has 0 unspecified atom stereocenters. The van der Waals surface area contributed by atoms with Crippen LogP contribution in [-0.4, -0.2) is 18.0 Å². The smallest absolute Gasteiger partial charge is 0.416 e. The van der Waals surface area contributed by atoms with Gasteiger partial charge in [-0.15, -0.1) is 0 Å². The van der Waals surface area contributed by atoms with Crippen molar-refractivity contribution in [2.45, 2.75) is 70.6 Å². The Morgan fingerprint density at radius 2 is 1.43 bits per heavy atom. The first-order chi connectivity index (χ1) is 16.7. The highest BCUT2D eigenvalue weighted by Crippen LogP contribution is 2.44. The van der Waals surface area contributed by atoms with Crippen LogP contribution in [0.1, 0.15) is 84.6 Å². The maximum atomic E-state index is 12.7. The molecule has 188 valence electrons. The minimum Gasteiger partial charge on any atom is -0.459 e. The molecule has 4 atom stereocenters. The highest BCUT2D eigenvalue weighted by atomic mass is 19.4. The number of carbonyl (C=O) groups excluding carboxylic acids is 2. The average Bonchev–Trinajstić information content (AvgIpc) is 2.84. The van der Waals surface area contributed by atoms with E-state index in [1.54, 1.807) is 0 Å². The zero-order valence-electron chi connectivity index (χ0n) is 19.9. The number of carbonyl (C=O) groups is 2. The van der Waals surface area contributed by atoms with E-state index in [4.69, 9.17) is 9.47 Å². The normalized spacial score (nSPS) is 24.3. The van der Waals surface area contributed by atoms with E-state index < -0.39 is 23.7 Å². The minimum absolute atomic E-state index is 0.000756. The van der Waals surface area contributed by atoms with Gasteiger partial charge < -0.3 is 9.47 Å². The van der Waals surface area contributed by atoms with Gasteiger partial charge >= 0.3 is 18.1 Å². The summed E-state index contributed by atoms with van der Waals surface area (Å²) >= 11 is 0. The van der Waals surface area contributed by atoms with E-state index in [0.29, 0.717) is 11.5 Å². The fraction of sp³-hybridized carbons (Fsp3) is 0.500. The largest absolute Gasteiger partial charge is 0.459 e. The van der Waals surface area contributed by atoms with E-state index in [1.165, 1.54) is 56.4 Å². The summed E-state index contributed by atoms with van der Waals surface area (Å²) in [6.07, 6.45) is 4.78. The molecule has 4 rings (SSSR count). The van der Waals surface area contributed by atoms with Crippen molar-refractivity contribution in [1.82, 2.24) is 0 Å². The van der Waals surface area contributed by atoms with Crippen molar-refractivity contribution in [3.63, 3.8) is 0 Å². The van der Waals surface area contributed by atoms with Crippen LogP contribution in [0, 0.1) is 17.8 Å². The van der Waals surface area contributed by atoms with Crippen LogP contribution >= 0.6 is 0 Å². The monoisotopic (exact) mass is 488 g/mol. The maximum absolute atomic E-state index is 12.7. The molecule has 0 aromatic heterocycles. The van der Waals surface area contributed by atoms with Crippen molar-refractivity contribution < 1.29 is 32.2 Å². The second-order valence-corrected chi connectivity index (χ2v) is 9.82. The van der Waals surface area contributed by atoms with Crippen molar-refractivity contribution in [3.05, 3.63) is 65.2 Å². The van der Waals surface area contributed by atoms with Crippen LogP contribution in [0.2, 0.25) is 0 Å². The molecule has 2 aliphatic rings. The zero-order chi connectivity index (χ0) is 25.0. The van der Waals surface area contributed by atoms with E-state index in [0.717, 1.165) is 55.4 Å². The van der Waals surface area contributed by atoms with Crippen LogP contribution in [0.3, 0.4) is 0 Å². The number of hydrogen-bond donors (Lipinski definition) is 0. The van der Waals surface area contributed by atoms with E-state index in [-0.39, 0.29) is 17.4 Å². The lowest BCUT2D eigenvalue weighted by molar-refractivity contribution is -0.137. The molecule has 2 aliphatic carbocycles. The van der Waals surface area contributed by atoms with Crippen LogP contribution in [0.15, 0.2) is 48.5 Å². The second kappa shape index (κ2) is 10.8. The molecule has 0 amide bonds. The van der Waals surface area contributed by atoms with Gasteiger partial charge in [0, 0.05) is 0 Å². The summed E-state index contributed by atoms with van der Waals surface area (Å²) in [5.74, 6) is 1.27. The first-order valence-corrected chi connectivity index (χ1v) is 12.4. The van der Waals surface area contributed by atoms with Crippen LogP contribution in [-0.2, 0) is 10.9 Å². The van der Waals surface area contributed by atoms with Gasteiger partial charge in [-0.3, -0.25) is 0 Å². The highest BCUT2D eigenvalue weighted by Gasteiger charge is 2.36. The third-order valence-corrected chi connectivity index (χ3v) is 7.39. The molecule has 7 heteroatoms. The summed E-state index contributed by atoms with van der Waals surface area (Å²) in [7, 11) is 0. The molecule has 0 spiro atoms. The van der Waals surface area contributed by atoms with Crippen LogP contribution in [0.5, 0.6) is 5.75 Å². The summed E-state index contributed by atoms with van der Waals surface area (Å²) in [6.45, 7) is 2.25. The predicted molar refractivity (Wildman–Crippen MR) is 125 cm³/mol. The Balaban J connectivity index is 1.28. The number of fused-ring (bicyclic) bond motifs is 1. The van der Waals surface area contributed by atoms with E-state index in [9.17, 15) is 22.8 Å². The second-order valence-electron chi connectivity index (χ2n) is 9.82. The van der Waals surface area contributed by atoms with Gasteiger partial charge in [0.25, 0.3) is 0 Å². The third kappa shape index (κ3) is 6.44. The standard InChI is InChI=1S/C28H31F3O4/c1-2-3-18-4-5-22-17-25(15-10-21(22)16-18)35-27(33)20-8-13-24(14-9-20)34-26(32)19-6-11-23(12-7-19)28(29,30)31/h6-9,11-14,18,21-22,25H,2-5,10,15-17H2,1H3/t18-,21+,22-,25+/m0/s1. The average molecular weight is 489 g/mol. The molecule has 0 radical (unpaired) electrons. The lowest BCUT2D eigenvalue weighted by atomic mass is 9.66. The number of alkyl halides is 3. The Kier molecular flexibility index (Phi) is 7.82. The first-order valence-electron chi connectivity index (χ1n) is 12.4. The quantitative estimate of drug-likeness (QED) is 0.313. The third-order valence-electron chi connectivity index (χ3n) is 7.39. The zero-order valence-corrected chi connectivity index (χ0v) is 19.9.